The van der Waals surface area contributed by atoms with Crippen LogP contribution >= 0.6 is 22.7 Å². The van der Waals surface area contributed by atoms with Crippen LogP contribution < -0.4 is 4.74 Å². The smallest absolute Gasteiger partial charge is 0.129 e. The van der Waals surface area contributed by atoms with E-state index in [0.717, 1.165) is 40.6 Å². The Morgan fingerprint density at radius 1 is 1.07 bits per heavy atom. The first kappa shape index (κ1) is 18.7. The molecule has 148 valence electrons. The molecule has 0 radical (unpaired) electrons. The molecule has 2 aromatic carbocycles. The molecule has 2 aromatic heterocycles. The van der Waals surface area contributed by atoms with Gasteiger partial charge in [0, 0.05) is 11.9 Å². The number of piperidine rings is 1. The van der Waals surface area contributed by atoms with Crippen molar-refractivity contribution in [1.82, 2.24) is 14.9 Å². The normalized spacial score (nSPS) is 17.6. The van der Waals surface area contributed by atoms with Crippen molar-refractivity contribution in [2.75, 3.05) is 13.7 Å². The van der Waals surface area contributed by atoms with E-state index in [2.05, 4.69) is 40.6 Å². The number of benzene rings is 2. The molecule has 6 heteroatoms. The number of rotatable bonds is 5. The van der Waals surface area contributed by atoms with Gasteiger partial charge in [0.2, 0.25) is 0 Å². The second-order valence-electron chi connectivity index (χ2n) is 7.35. The summed E-state index contributed by atoms with van der Waals surface area (Å²) < 4.78 is 6.79. The second kappa shape index (κ2) is 8.22. The highest BCUT2D eigenvalue weighted by Crippen LogP contribution is 2.37. The predicted octanol–water partition coefficient (Wildman–Crippen LogP) is 6.16. The van der Waals surface area contributed by atoms with Gasteiger partial charge in [-0.05, 0) is 43.7 Å². The zero-order valence-corrected chi connectivity index (χ0v) is 18.0. The lowest BCUT2D eigenvalue weighted by Crippen LogP contribution is -2.33. The van der Waals surface area contributed by atoms with E-state index in [1.54, 1.807) is 18.4 Å². The van der Waals surface area contributed by atoms with Crippen LogP contribution in [0.1, 0.15) is 36.0 Å². The molecule has 0 aliphatic carbocycles. The van der Waals surface area contributed by atoms with E-state index in [-0.39, 0.29) is 0 Å². The SMILES string of the molecule is COc1ccccc1-c1nc(CN2CCCC[C@@H]2c2nc3ccccc3s2)cs1. The van der Waals surface area contributed by atoms with E-state index < -0.39 is 0 Å². The Hall–Kier alpha value is -2.28. The summed E-state index contributed by atoms with van der Waals surface area (Å²) in [7, 11) is 1.71. The molecule has 1 atom stereocenters. The number of likely N-dealkylation sites (tertiary alicyclic amines) is 1. The highest BCUT2D eigenvalue weighted by atomic mass is 32.1. The molecule has 5 rings (SSSR count). The summed E-state index contributed by atoms with van der Waals surface area (Å²) in [6.45, 7) is 1.97. The summed E-state index contributed by atoms with van der Waals surface area (Å²) in [6.07, 6.45) is 3.68. The minimum atomic E-state index is 0.387. The highest BCUT2D eigenvalue weighted by molar-refractivity contribution is 7.18. The van der Waals surface area contributed by atoms with E-state index in [4.69, 9.17) is 14.7 Å². The van der Waals surface area contributed by atoms with Gasteiger partial charge in [-0.3, -0.25) is 4.90 Å². The molecule has 4 nitrogen and oxygen atoms in total. The molecule has 0 saturated carbocycles. The molecule has 1 fully saturated rings. The number of thiazole rings is 2. The van der Waals surface area contributed by atoms with Crippen LogP contribution in [0.5, 0.6) is 5.75 Å². The molecule has 0 spiro atoms. The summed E-state index contributed by atoms with van der Waals surface area (Å²) in [5.74, 6) is 0.874. The van der Waals surface area contributed by atoms with Crippen LogP contribution in [0.25, 0.3) is 20.8 Å². The van der Waals surface area contributed by atoms with Crippen LogP contribution in [0.3, 0.4) is 0 Å². The predicted molar refractivity (Wildman–Crippen MR) is 121 cm³/mol. The Bertz CT molecular complexity index is 1090. The van der Waals surface area contributed by atoms with Crippen LogP contribution in [-0.2, 0) is 6.54 Å². The van der Waals surface area contributed by atoms with Crippen LogP contribution in [0, 0.1) is 0 Å². The third-order valence-electron chi connectivity index (χ3n) is 5.46. The zero-order chi connectivity index (χ0) is 19.6. The van der Waals surface area contributed by atoms with Gasteiger partial charge in [-0.2, -0.15) is 0 Å². The highest BCUT2D eigenvalue weighted by Gasteiger charge is 2.27. The van der Waals surface area contributed by atoms with Crippen molar-refractivity contribution in [3.63, 3.8) is 0 Å². The molecule has 0 unspecified atom stereocenters. The fourth-order valence-electron chi connectivity index (χ4n) is 4.03. The molecule has 4 aromatic rings. The summed E-state index contributed by atoms with van der Waals surface area (Å²) in [5, 5.41) is 4.45. The average Bonchev–Trinajstić information content (AvgIpc) is 3.41. The molecular formula is C23H23N3OS2. The van der Waals surface area contributed by atoms with Crippen molar-refractivity contribution in [2.45, 2.75) is 31.8 Å². The molecule has 0 bridgehead atoms. The molecule has 0 amide bonds. The minimum Gasteiger partial charge on any atom is -0.496 e. The van der Waals surface area contributed by atoms with Crippen molar-refractivity contribution in [3.05, 3.63) is 64.6 Å². The lowest BCUT2D eigenvalue weighted by molar-refractivity contribution is 0.139. The zero-order valence-electron chi connectivity index (χ0n) is 16.4. The molecular weight excluding hydrogens is 398 g/mol. The molecule has 0 N–H and O–H groups in total. The monoisotopic (exact) mass is 421 g/mol. The Kier molecular flexibility index (Phi) is 5.31. The first-order valence-electron chi connectivity index (χ1n) is 9.99. The Balaban J connectivity index is 1.39. The molecule has 1 saturated heterocycles. The van der Waals surface area contributed by atoms with Crippen molar-refractivity contribution in [1.29, 1.82) is 0 Å². The number of aromatic nitrogens is 2. The van der Waals surface area contributed by atoms with Gasteiger partial charge >= 0.3 is 0 Å². The van der Waals surface area contributed by atoms with Crippen LogP contribution in [-0.4, -0.2) is 28.5 Å². The largest absolute Gasteiger partial charge is 0.496 e. The fraction of sp³-hybridized carbons (Fsp3) is 0.304. The second-order valence-corrected chi connectivity index (χ2v) is 9.27. The third kappa shape index (κ3) is 3.80. The number of nitrogens with zero attached hydrogens (tertiary/aromatic N) is 3. The summed E-state index contributed by atoms with van der Waals surface area (Å²) in [6, 6.07) is 16.9. The van der Waals surface area contributed by atoms with Gasteiger partial charge < -0.3 is 4.74 Å². The number of hydrogen-bond donors (Lipinski definition) is 0. The average molecular weight is 422 g/mol. The van der Waals surface area contributed by atoms with Gasteiger partial charge in [-0.1, -0.05) is 30.7 Å². The van der Waals surface area contributed by atoms with Gasteiger partial charge in [0.15, 0.2) is 0 Å². The number of hydrogen-bond acceptors (Lipinski definition) is 6. The van der Waals surface area contributed by atoms with Crippen molar-refractivity contribution < 1.29 is 4.74 Å². The van der Waals surface area contributed by atoms with E-state index >= 15 is 0 Å². The third-order valence-corrected chi connectivity index (χ3v) is 7.53. The molecule has 29 heavy (non-hydrogen) atoms. The van der Waals surface area contributed by atoms with E-state index in [0.29, 0.717) is 6.04 Å². The lowest BCUT2D eigenvalue weighted by Gasteiger charge is -2.33. The fourth-order valence-corrected chi connectivity index (χ4v) is 6.00. The number of ether oxygens (including phenoxy) is 1. The van der Waals surface area contributed by atoms with Gasteiger partial charge in [-0.15, -0.1) is 22.7 Å². The van der Waals surface area contributed by atoms with E-state index in [1.807, 2.05) is 29.5 Å². The van der Waals surface area contributed by atoms with Crippen LogP contribution in [0.2, 0.25) is 0 Å². The van der Waals surface area contributed by atoms with Crippen LogP contribution in [0.15, 0.2) is 53.9 Å². The number of para-hydroxylation sites is 2. The number of fused-ring (bicyclic) bond motifs is 1. The lowest BCUT2D eigenvalue weighted by atomic mass is 10.0. The molecule has 1 aliphatic heterocycles. The minimum absolute atomic E-state index is 0.387. The van der Waals surface area contributed by atoms with Gasteiger partial charge in [-0.25, -0.2) is 9.97 Å². The van der Waals surface area contributed by atoms with Gasteiger partial charge in [0.1, 0.15) is 15.8 Å². The Labute approximate surface area is 178 Å². The molecule has 3 heterocycles. The summed E-state index contributed by atoms with van der Waals surface area (Å²) in [5.41, 5.74) is 3.31. The van der Waals surface area contributed by atoms with E-state index in [9.17, 15) is 0 Å². The van der Waals surface area contributed by atoms with Crippen molar-refractivity contribution in [3.8, 4) is 16.3 Å². The first-order valence-corrected chi connectivity index (χ1v) is 11.7. The van der Waals surface area contributed by atoms with Crippen LogP contribution in [0.4, 0.5) is 0 Å². The Morgan fingerprint density at radius 3 is 2.83 bits per heavy atom. The Morgan fingerprint density at radius 2 is 1.93 bits per heavy atom. The van der Waals surface area contributed by atoms with E-state index in [1.165, 1.54) is 29.0 Å². The van der Waals surface area contributed by atoms with Gasteiger partial charge in [0.05, 0.1) is 34.6 Å². The van der Waals surface area contributed by atoms with Gasteiger partial charge in [0.25, 0.3) is 0 Å². The van der Waals surface area contributed by atoms with Crippen molar-refractivity contribution in [2.24, 2.45) is 0 Å². The molecule has 1 aliphatic rings. The maximum absolute atomic E-state index is 5.51. The maximum atomic E-state index is 5.51. The standard InChI is InChI=1S/C23H23N3OS2/c1-27-20-11-4-2-8-17(20)22-24-16(15-28-22)14-26-13-7-6-10-19(26)23-25-18-9-3-5-12-21(18)29-23/h2-5,8-9,11-12,15,19H,6-7,10,13-14H2,1H3/t19-/m1/s1. The first-order chi connectivity index (χ1) is 14.3. The summed E-state index contributed by atoms with van der Waals surface area (Å²) in [4.78, 5) is 12.4. The topological polar surface area (TPSA) is 38.2 Å². The number of methoxy groups -OCH3 is 1. The van der Waals surface area contributed by atoms with Crippen molar-refractivity contribution >= 4 is 32.9 Å². The quantitative estimate of drug-likeness (QED) is 0.387. The maximum Gasteiger partial charge on any atom is 0.129 e. The summed E-state index contributed by atoms with van der Waals surface area (Å²) >= 11 is 3.53.